The second-order valence-electron chi connectivity index (χ2n) is 3.76. The van der Waals surface area contributed by atoms with Crippen molar-refractivity contribution in [3.05, 3.63) is 16.1 Å². The fourth-order valence-corrected chi connectivity index (χ4v) is 2.58. The predicted molar refractivity (Wildman–Crippen MR) is 56.3 cm³/mol. The van der Waals surface area contributed by atoms with Crippen molar-refractivity contribution in [2.45, 2.75) is 18.8 Å². The number of likely N-dealkylation sites (tertiary alicyclic amines) is 1. The first-order chi connectivity index (χ1) is 6.81. The minimum Gasteiger partial charge on any atom is -0.306 e. The lowest BCUT2D eigenvalue weighted by Crippen LogP contribution is -2.29. The topological polar surface area (TPSA) is 39.9 Å². The van der Waals surface area contributed by atoms with Crippen LogP contribution in [0.2, 0.25) is 0 Å². The Labute approximate surface area is 88.0 Å². The molecule has 0 spiro atoms. The van der Waals surface area contributed by atoms with Crippen LogP contribution in [0.4, 0.5) is 0 Å². The number of thiazole rings is 1. The molecule has 1 saturated heterocycles. The Kier molecular flexibility index (Phi) is 2.80. The molecule has 0 N–H and O–H groups in total. The van der Waals surface area contributed by atoms with Crippen molar-refractivity contribution in [3.8, 4) is 6.07 Å². The number of aromatic nitrogens is 1. The zero-order valence-corrected chi connectivity index (χ0v) is 9.05. The maximum Gasteiger partial charge on any atom is 0.128 e. The lowest BCUT2D eigenvalue weighted by molar-refractivity contribution is 0.253. The van der Waals surface area contributed by atoms with E-state index >= 15 is 0 Å². The molecule has 0 amide bonds. The summed E-state index contributed by atoms with van der Waals surface area (Å²) in [6.45, 7) is 2.24. The van der Waals surface area contributed by atoms with Gasteiger partial charge < -0.3 is 4.90 Å². The van der Waals surface area contributed by atoms with Crippen LogP contribution in [0.3, 0.4) is 0 Å². The van der Waals surface area contributed by atoms with Gasteiger partial charge in [-0.1, -0.05) is 0 Å². The van der Waals surface area contributed by atoms with E-state index in [4.69, 9.17) is 5.26 Å². The monoisotopic (exact) mass is 207 g/mol. The number of nitrogens with zero attached hydrogens (tertiary/aromatic N) is 3. The van der Waals surface area contributed by atoms with Gasteiger partial charge in [0.05, 0.1) is 11.2 Å². The molecule has 4 heteroatoms. The lowest BCUT2D eigenvalue weighted by atomic mass is 9.93. The van der Waals surface area contributed by atoms with E-state index in [9.17, 15) is 0 Å². The molecule has 2 heterocycles. The van der Waals surface area contributed by atoms with Gasteiger partial charge in [-0.3, -0.25) is 0 Å². The molecule has 1 fully saturated rings. The summed E-state index contributed by atoms with van der Waals surface area (Å²) >= 11 is 1.46. The minimum absolute atomic E-state index is 0.507. The summed E-state index contributed by atoms with van der Waals surface area (Å²) in [5.41, 5.74) is 2.82. The van der Waals surface area contributed by atoms with Crippen LogP contribution in [0.25, 0.3) is 0 Å². The maximum absolute atomic E-state index is 8.90. The van der Waals surface area contributed by atoms with Crippen molar-refractivity contribution in [3.63, 3.8) is 0 Å². The molecule has 0 aromatic carbocycles. The highest BCUT2D eigenvalue weighted by Crippen LogP contribution is 2.30. The van der Waals surface area contributed by atoms with E-state index in [1.54, 1.807) is 5.51 Å². The molecule has 0 atom stereocenters. The van der Waals surface area contributed by atoms with Crippen molar-refractivity contribution in [2.75, 3.05) is 20.1 Å². The summed E-state index contributed by atoms with van der Waals surface area (Å²) in [4.78, 5) is 7.45. The normalized spacial score (nSPS) is 19.4. The molecule has 1 aliphatic rings. The SMILES string of the molecule is CN1CCC(c2ncsc2C#N)CC1. The Morgan fingerprint density at radius 3 is 2.93 bits per heavy atom. The van der Waals surface area contributed by atoms with Gasteiger partial charge in [-0.15, -0.1) is 11.3 Å². The van der Waals surface area contributed by atoms with Gasteiger partial charge in [0, 0.05) is 5.92 Å². The molecule has 2 rings (SSSR count). The third-order valence-electron chi connectivity index (χ3n) is 2.80. The van der Waals surface area contributed by atoms with Gasteiger partial charge in [-0.05, 0) is 33.0 Å². The van der Waals surface area contributed by atoms with E-state index in [0.29, 0.717) is 5.92 Å². The average molecular weight is 207 g/mol. The Bertz CT molecular complexity index is 344. The number of nitriles is 1. The summed E-state index contributed by atoms with van der Waals surface area (Å²) in [6.07, 6.45) is 2.27. The summed E-state index contributed by atoms with van der Waals surface area (Å²) in [7, 11) is 2.14. The van der Waals surface area contributed by atoms with Crippen molar-refractivity contribution >= 4 is 11.3 Å². The van der Waals surface area contributed by atoms with Gasteiger partial charge >= 0.3 is 0 Å². The molecule has 0 aliphatic carbocycles. The van der Waals surface area contributed by atoms with Crippen LogP contribution < -0.4 is 0 Å². The first kappa shape index (κ1) is 9.63. The largest absolute Gasteiger partial charge is 0.306 e. The standard InChI is InChI=1S/C10H13N3S/c1-13-4-2-8(3-5-13)10-9(6-11)14-7-12-10/h7-8H,2-5H2,1H3. The summed E-state index contributed by atoms with van der Waals surface area (Å²) < 4.78 is 0. The first-order valence-electron chi connectivity index (χ1n) is 4.83. The van der Waals surface area contributed by atoms with Crippen molar-refractivity contribution < 1.29 is 0 Å². The third-order valence-corrected chi connectivity index (χ3v) is 3.55. The molecule has 0 radical (unpaired) electrons. The third kappa shape index (κ3) is 1.79. The summed E-state index contributed by atoms with van der Waals surface area (Å²) in [5.74, 6) is 0.507. The van der Waals surface area contributed by atoms with Gasteiger partial charge in [0.25, 0.3) is 0 Å². The number of hydrogen-bond donors (Lipinski definition) is 0. The summed E-state index contributed by atoms with van der Waals surface area (Å²) in [6, 6.07) is 2.23. The molecule has 0 unspecified atom stereocenters. The molecule has 1 aliphatic heterocycles. The molecule has 14 heavy (non-hydrogen) atoms. The van der Waals surface area contributed by atoms with E-state index in [-0.39, 0.29) is 0 Å². The van der Waals surface area contributed by atoms with Gasteiger partial charge in [-0.25, -0.2) is 4.98 Å². The van der Waals surface area contributed by atoms with Gasteiger partial charge in [0.1, 0.15) is 10.9 Å². The van der Waals surface area contributed by atoms with Gasteiger partial charge in [0.2, 0.25) is 0 Å². The van der Waals surface area contributed by atoms with Crippen LogP contribution >= 0.6 is 11.3 Å². The van der Waals surface area contributed by atoms with Crippen LogP contribution in [0.1, 0.15) is 29.3 Å². The van der Waals surface area contributed by atoms with E-state index in [1.807, 2.05) is 0 Å². The predicted octanol–water partition coefficient (Wildman–Crippen LogP) is 1.82. The quantitative estimate of drug-likeness (QED) is 0.705. The zero-order valence-electron chi connectivity index (χ0n) is 8.23. The van der Waals surface area contributed by atoms with Crippen LogP contribution in [0.5, 0.6) is 0 Å². The van der Waals surface area contributed by atoms with Crippen LogP contribution in [0.15, 0.2) is 5.51 Å². The highest BCUT2D eigenvalue weighted by molar-refractivity contribution is 7.10. The van der Waals surface area contributed by atoms with E-state index in [1.165, 1.54) is 11.3 Å². The first-order valence-corrected chi connectivity index (χ1v) is 5.71. The second kappa shape index (κ2) is 4.07. The maximum atomic E-state index is 8.90. The van der Waals surface area contributed by atoms with Crippen molar-refractivity contribution in [1.29, 1.82) is 5.26 Å². The Morgan fingerprint density at radius 1 is 1.57 bits per heavy atom. The highest BCUT2D eigenvalue weighted by Gasteiger charge is 2.22. The van der Waals surface area contributed by atoms with Gasteiger partial charge in [-0.2, -0.15) is 5.26 Å². The van der Waals surface area contributed by atoms with Crippen LogP contribution in [-0.2, 0) is 0 Å². The minimum atomic E-state index is 0.507. The number of hydrogen-bond acceptors (Lipinski definition) is 4. The van der Waals surface area contributed by atoms with Crippen LogP contribution in [0, 0.1) is 11.3 Å². The fourth-order valence-electron chi connectivity index (χ4n) is 1.91. The average Bonchev–Trinajstić information content (AvgIpc) is 2.67. The highest BCUT2D eigenvalue weighted by atomic mass is 32.1. The zero-order chi connectivity index (χ0) is 9.97. The van der Waals surface area contributed by atoms with Crippen LogP contribution in [-0.4, -0.2) is 30.0 Å². The Hall–Kier alpha value is -0.920. The number of rotatable bonds is 1. The smallest absolute Gasteiger partial charge is 0.128 e. The molecule has 1 aromatic rings. The molecular weight excluding hydrogens is 194 g/mol. The van der Waals surface area contributed by atoms with Crippen molar-refractivity contribution in [2.24, 2.45) is 0 Å². The number of piperidine rings is 1. The second-order valence-corrected chi connectivity index (χ2v) is 4.61. The van der Waals surface area contributed by atoms with Gasteiger partial charge in [0.15, 0.2) is 0 Å². The lowest BCUT2D eigenvalue weighted by Gasteiger charge is -2.27. The fraction of sp³-hybridized carbons (Fsp3) is 0.600. The van der Waals surface area contributed by atoms with E-state index < -0.39 is 0 Å². The molecule has 0 bridgehead atoms. The van der Waals surface area contributed by atoms with E-state index in [0.717, 1.165) is 36.5 Å². The molecule has 3 nitrogen and oxygen atoms in total. The Balaban J connectivity index is 2.13. The van der Waals surface area contributed by atoms with E-state index in [2.05, 4.69) is 23.0 Å². The molecule has 0 saturated carbocycles. The molecule has 74 valence electrons. The molecule has 1 aromatic heterocycles. The molecular formula is C10H13N3S. The Morgan fingerprint density at radius 2 is 2.29 bits per heavy atom. The van der Waals surface area contributed by atoms with Crippen molar-refractivity contribution in [1.82, 2.24) is 9.88 Å². The summed E-state index contributed by atoms with van der Waals surface area (Å²) in [5, 5.41) is 8.90.